The second-order valence-corrected chi connectivity index (χ2v) is 7.41. The largest absolute Gasteiger partial charge is 0.326 e. The van der Waals surface area contributed by atoms with Crippen molar-refractivity contribution >= 4 is 44.9 Å². The number of benzene rings is 1. The van der Waals surface area contributed by atoms with Gasteiger partial charge in [-0.3, -0.25) is 15.0 Å². The normalized spacial score (nSPS) is 10.6. The average molecular weight is 400 g/mol. The van der Waals surface area contributed by atoms with Crippen LogP contribution in [-0.4, -0.2) is 30.4 Å². The van der Waals surface area contributed by atoms with Crippen molar-refractivity contribution in [3.05, 3.63) is 50.9 Å². The summed E-state index contributed by atoms with van der Waals surface area (Å²) in [5.41, 5.74) is 0.0228. The minimum atomic E-state index is -0.757. The fraction of sp³-hybridized carbons (Fsp3) is 0.200. The van der Waals surface area contributed by atoms with Gasteiger partial charge in [-0.05, 0) is 47.2 Å². The van der Waals surface area contributed by atoms with Gasteiger partial charge in [-0.25, -0.2) is 9.18 Å². The molecule has 1 heterocycles. The van der Waals surface area contributed by atoms with Crippen LogP contribution in [0.1, 0.15) is 4.88 Å². The highest BCUT2D eigenvalue weighted by Gasteiger charge is 2.12. The van der Waals surface area contributed by atoms with Crippen molar-refractivity contribution in [2.75, 3.05) is 18.9 Å². The Balaban J connectivity index is 1.79. The van der Waals surface area contributed by atoms with Gasteiger partial charge >= 0.3 is 6.03 Å². The molecular formula is C15H15BrFN3O2S. The van der Waals surface area contributed by atoms with E-state index in [0.717, 1.165) is 8.66 Å². The van der Waals surface area contributed by atoms with Crippen molar-refractivity contribution in [2.24, 2.45) is 0 Å². The van der Waals surface area contributed by atoms with E-state index >= 15 is 0 Å². The third-order valence-electron chi connectivity index (χ3n) is 2.84. The van der Waals surface area contributed by atoms with Crippen molar-refractivity contribution in [1.82, 2.24) is 10.2 Å². The molecule has 23 heavy (non-hydrogen) atoms. The number of nitrogens with one attached hydrogen (secondary N) is 2. The fourth-order valence-corrected chi connectivity index (χ4v) is 3.45. The standard InChI is InChI=1S/C15H15BrFN3O2S/c1-20(8-10-6-7-13(16)23-10)9-14(21)19-15(22)18-12-5-3-2-4-11(12)17/h2-7H,8-9H2,1H3,(H2,18,19,21,22). The van der Waals surface area contributed by atoms with Crippen molar-refractivity contribution in [1.29, 1.82) is 0 Å². The Kier molecular flexibility index (Phi) is 6.26. The molecule has 0 atom stereocenters. The second-order valence-electron chi connectivity index (χ2n) is 4.86. The number of carbonyl (C=O) groups excluding carboxylic acids is 2. The summed E-state index contributed by atoms with van der Waals surface area (Å²) in [7, 11) is 1.78. The maximum Gasteiger partial charge on any atom is 0.326 e. The number of likely N-dealkylation sites (N-methyl/N-ethyl adjacent to an activating group) is 1. The molecule has 0 aliphatic heterocycles. The topological polar surface area (TPSA) is 61.4 Å². The van der Waals surface area contributed by atoms with Crippen molar-refractivity contribution in [3.8, 4) is 0 Å². The number of para-hydroxylation sites is 1. The first-order chi connectivity index (χ1) is 10.9. The quantitative estimate of drug-likeness (QED) is 0.809. The molecule has 3 amide bonds. The van der Waals surface area contributed by atoms with Gasteiger partial charge in [0, 0.05) is 11.4 Å². The van der Waals surface area contributed by atoms with Crippen molar-refractivity contribution in [3.63, 3.8) is 0 Å². The number of hydrogen-bond acceptors (Lipinski definition) is 4. The van der Waals surface area contributed by atoms with Crippen LogP contribution in [0.5, 0.6) is 0 Å². The van der Waals surface area contributed by atoms with E-state index in [1.165, 1.54) is 18.2 Å². The smallest absolute Gasteiger partial charge is 0.305 e. The molecule has 0 unspecified atom stereocenters. The van der Waals surface area contributed by atoms with Gasteiger partial charge < -0.3 is 5.32 Å². The van der Waals surface area contributed by atoms with Crippen LogP contribution in [0.15, 0.2) is 40.2 Å². The number of carbonyl (C=O) groups is 2. The van der Waals surface area contributed by atoms with Crippen LogP contribution in [0.25, 0.3) is 0 Å². The van der Waals surface area contributed by atoms with E-state index < -0.39 is 17.8 Å². The fourth-order valence-electron chi connectivity index (χ4n) is 1.89. The lowest BCUT2D eigenvalue weighted by Gasteiger charge is -2.15. The Bertz CT molecular complexity index is 708. The zero-order valence-corrected chi connectivity index (χ0v) is 14.7. The summed E-state index contributed by atoms with van der Waals surface area (Å²) in [5, 5.41) is 4.47. The van der Waals surface area contributed by atoms with Crippen LogP contribution in [-0.2, 0) is 11.3 Å². The van der Waals surface area contributed by atoms with E-state index in [4.69, 9.17) is 0 Å². The molecule has 0 radical (unpaired) electrons. The zero-order chi connectivity index (χ0) is 16.8. The highest BCUT2D eigenvalue weighted by molar-refractivity contribution is 9.11. The molecule has 0 saturated heterocycles. The highest BCUT2D eigenvalue weighted by atomic mass is 79.9. The molecule has 122 valence electrons. The molecule has 2 rings (SSSR count). The van der Waals surface area contributed by atoms with E-state index in [-0.39, 0.29) is 12.2 Å². The van der Waals surface area contributed by atoms with Crippen LogP contribution in [0.3, 0.4) is 0 Å². The lowest BCUT2D eigenvalue weighted by atomic mass is 10.3. The molecule has 0 aliphatic carbocycles. The number of halogens is 2. The first-order valence-corrected chi connectivity index (χ1v) is 8.33. The summed E-state index contributed by atoms with van der Waals surface area (Å²) in [4.78, 5) is 26.4. The molecule has 0 spiro atoms. The molecule has 0 aliphatic rings. The van der Waals surface area contributed by atoms with Gasteiger partial charge in [0.2, 0.25) is 5.91 Å². The number of imide groups is 1. The first kappa shape index (κ1) is 17.6. The van der Waals surface area contributed by atoms with Crippen LogP contribution in [0.4, 0.5) is 14.9 Å². The number of hydrogen-bond donors (Lipinski definition) is 2. The number of anilines is 1. The first-order valence-electron chi connectivity index (χ1n) is 6.72. The molecule has 2 N–H and O–H groups in total. The number of thiophene rings is 1. The van der Waals surface area contributed by atoms with E-state index in [1.54, 1.807) is 29.4 Å². The van der Waals surface area contributed by atoms with Crippen LogP contribution >= 0.6 is 27.3 Å². The molecule has 0 saturated carbocycles. The maximum absolute atomic E-state index is 13.4. The predicted octanol–water partition coefficient (Wildman–Crippen LogP) is 3.43. The van der Waals surface area contributed by atoms with Crippen molar-refractivity contribution < 1.29 is 14.0 Å². The summed E-state index contributed by atoms with van der Waals surface area (Å²) in [6.07, 6.45) is 0. The third kappa shape index (κ3) is 5.74. The van der Waals surface area contributed by atoms with Gasteiger partial charge in [-0.15, -0.1) is 11.3 Å². The van der Waals surface area contributed by atoms with Crippen LogP contribution in [0, 0.1) is 5.82 Å². The summed E-state index contributed by atoms with van der Waals surface area (Å²) in [6, 6.07) is 8.90. The van der Waals surface area contributed by atoms with E-state index in [2.05, 4.69) is 26.6 Å². The van der Waals surface area contributed by atoms with Crippen LogP contribution in [0.2, 0.25) is 0 Å². The van der Waals surface area contributed by atoms with E-state index in [1.807, 2.05) is 12.1 Å². The Hall–Kier alpha value is -1.77. The Labute approximate surface area is 145 Å². The molecule has 0 bridgehead atoms. The molecule has 5 nitrogen and oxygen atoms in total. The van der Waals surface area contributed by atoms with Gasteiger partial charge in [0.15, 0.2) is 0 Å². The lowest BCUT2D eigenvalue weighted by molar-refractivity contribution is -0.120. The highest BCUT2D eigenvalue weighted by Crippen LogP contribution is 2.22. The Morgan fingerprint density at radius 2 is 2.00 bits per heavy atom. The molecule has 1 aromatic heterocycles. The van der Waals surface area contributed by atoms with Gasteiger partial charge in [-0.2, -0.15) is 0 Å². The second kappa shape index (κ2) is 8.19. The van der Waals surface area contributed by atoms with Gasteiger partial charge in [-0.1, -0.05) is 12.1 Å². The van der Waals surface area contributed by atoms with E-state index in [9.17, 15) is 14.0 Å². The molecule has 2 aromatic rings. The van der Waals surface area contributed by atoms with Crippen LogP contribution < -0.4 is 10.6 Å². The summed E-state index contributed by atoms with van der Waals surface area (Å²) >= 11 is 4.96. The number of rotatable bonds is 5. The Morgan fingerprint density at radius 1 is 1.26 bits per heavy atom. The molecule has 1 aromatic carbocycles. The zero-order valence-electron chi connectivity index (χ0n) is 12.3. The summed E-state index contributed by atoms with van der Waals surface area (Å²) < 4.78 is 14.4. The van der Waals surface area contributed by atoms with Gasteiger partial charge in [0.1, 0.15) is 5.82 Å². The summed E-state index contributed by atoms with van der Waals surface area (Å²) in [6.45, 7) is 0.652. The number of amides is 3. The average Bonchev–Trinajstić information content (AvgIpc) is 2.86. The van der Waals surface area contributed by atoms with Gasteiger partial charge in [0.05, 0.1) is 16.0 Å². The molecule has 0 fully saturated rings. The number of urea groups is 1. The lowest BCUT2D eigenvalue weighted by Crippen LogP contribution is -2.40. The third-order valence-corrected chi connectivity index (χ3v) is 4.45. The molecule has 8 heteroatoms. The SMILES string of the molecule is CN(CC(=O)NC(=O)Nc1ccccc1F)Cc1ccc(Br)s1. The van der Waals surface area contributed by atoms with Crippen molar-refractivity contribution in [2.45, 2.75) is 6.54 Å². The van der Waals surface area contributed by atoms with E-state index in [0.29, 0.717) is 6.54 Å². The Morgan fingerprint density at radius 3 is 2.65 bits per heavy atom. The number of nitrogens with zero attached hydrogens (tertiary/aromatic N) is 1. The minimum Gasteiger partial charge on any atom is -0.305 e. The summed E-state index contributed by atoms with van der Waals surface area (Å²) in [5.74, 6) is -1.02. The maximum atomic E-state index is 13.4. The van der Waals surface area contributed by atoms with Gasteiger partial charge in [0.25, 0.3) is 0 Å². The predicted molar refractivity (Wildman–Crippen MR) is 91.9 cm³/mol. The monoisotopic (exact) mass is 399 g/mol. The molecular weight excluding hydrogens is 385 g/mol. The minimum absolute atomic E-state index is 0.0228.